The van der Waals surface area contributed by atoms with Crippen LogP contribution in [0.4, 0.5) is 5.69 Å². The van der Waals surface area contributed by atoms with Gasteiger partial charge in [0.05, 0.1) is 5.69 Å². The quantitative estimate of drug-likeness (QED) is 0.604. The number of benzene rings is 1. The number of halogens is 1. The van der Waals surface area contributed by atoms with Gasteiger partial charge in [0, 0.05) is 22.5 Å². The van der Waals surface area contributed by atoms with Crippen LogP contribution in [0, 0.1) is 0 Å². The number of hydrogen-bond donors (Lipinski definition) is 2. The zero-order valence-corrected chi connectivity index (χ0v) is 8.58. The number of anilines is 1. The van der Waals surface area contributed by atoms with Crippen molar-refractivity contribution in [3.8, 4) is 0 Å². The van der Waals surface area contributed by atoms with Crippen LogP contribution in [-0.2, 0) is 0 Å². The minimum absolute atomic E-state index is 0.116. The van der Waals surface area contributed by atoms with Crippen molar-refractivity contribution in [1.29, 1.82) is 0 Å². The summed E-state index contributed by atoms with van der Waals surface area (Å²) in [4.78, 5) is 14.7. The fourth-order valence-electron chi connectivity index (χ4n) is 1.37. The van der Waals surface area contributed by atoms with Gasteiger partial charge in [-0.3, -0.25) is 4.79 Å². The molecule has 0 aliphatic heterocycles. The molecule has 0 fully saturated rings. The van der Waals surface area contributed by atoms with Crippen LogP contribution < -0.4 is 5.73 Å². The van der Waals surface area contributed by atoms with E-state index in [1.54, 1.807) is 36.5 Å². The maximum atomic E-state index is 11.9. The van der Waals surface area contributed by atoms with Gasteiger partial charge in [-0.1, -0.05) is 11.6 Å². The number of H-pyrrole nitrogens is 1. The Morgan fingerprint density at radius 1 is 1.33 bits per heavy atom. The number of aromatic nitrogens is 1. The molecule has 3 nitrogen and oxygen atoms in total. The average molecular weight is 221 g/mol. The van der Waals surface area contributed by atoms with E-state index in [0.29, 0.717) is 22.0 Å². The van der Waals surface area contributed by atoms with Crippen molar-refractivity contribution in [3.63, 3.8) is 0 Å². The lowest BCUT2D eigenvalue weighted by atomic mass is 10.1. The number of rotatable bonds is 2. The maximum Gasteiger partial charge on any atom is 0.209 e. The van der Waals surface area contributed by atoms with Crippen molar-refractivity contribution >= 4 is 23.1 Å². The van der Waals surface area contributed by atoms with Gasteiger partial charge in [0.1, 0.15) is 0 Å². The Bertz CT molecular complexity index is 471. The molecule has 1 aromatic heterocycles. The first-order chi connectivity index (χ1) is 7.16. The van der Waals surface area contributed by atoms with E-state index in [-0.39, 0.29) is 5.78 Å². The van der Waals surface area contributed by atoms with Crippen molar-refractivity contribution in [2.45, 2.75) is 0 Å². The molecule has 1 heterocycles. The molecule has 4 heteroatoms. The number of nitrogens with two attached hydrogens (primary N) is 1. The first kappa shape index (κ1) is 9.80. The molecule has 0 radical (unpaired) electrons. The maximum absolute atomic E-state index is 11.9. The van der Waals surface area contributed by atoms with Crippen LogP contribution in [-0.4, -0.2) is 10.8 Å². The normalized spacial score (nSPS) is 10.2. The lowest BCUT2D eigenvalue weighted by Crippen LogP contribution is -2.02. The van der Waals surface area contributed by atoms with Crippen LogP contribution >= 0.6 is 11.6 Å². The van der Waals surface area contributed by atoms with Gasteiger partial charge in [-0.25, -0.2) is 0 Å². The summed E-state index contributed by atoms with van der Waals surface area (Å²) in [6.07, 6.45) is 1.70. The molecule has 2 aromatic rings. The second-order valence-electron chi connectivity index (χ2n) is 3.19. The molecule has 1 aromatic carbocycles. The van der Waals surface area contributed by atoms with Crippen molar-refractivity contribution in [3.05, 3.63) is 52.8 Å². The molecule has 3 N–H and O–H groups in total. The standard InChI is InChI=1S/C11H9ClN2O/c12-8-4-7(5-9(13)6-8)11(15)10-2-1-3-14-10/h1-6,14H,13H2. The summed E-state index contributed by atoms with van der Waals surface area (Å²) in [6, 6.07) is 8.28. The average Bonchev–Trinajstić information content (AvgIpc) is 2.67. The van der Waals surface area contributed by atoms with Gasteiger partial charge in [-0.2, -0.15) is 0 Å². The summed E-state index contributed by atoms with van der Waals surface area (Å²) in [7, 11) is 0. The molecule has 0 aliphatic carbocycles. The number of carbonyl (C=O) groups is 1. The highest BCUT2D eigenvalue weighted by Crippen LogP contribution is 2.18. The molecule has 76 valence electrons. The van der Waals surface area contributed by atoms with Gasteiger partial charge in [0.2, 0.25) is 5.78 Å². The van der Waals surface area contributed by atoms with Gasteiger partial charge in [0.25, 0.3) is 0 Å². The first-order valence-corrected chi connectivity index (χ1v) is 4.79. The van der Waals surface area contributed by atoms with Crippen LogP contribution in [0.15, 0.2) is 36.5 Å². The molecule has 0 bridgehead atoms. The molecule has 0 amide bonds. The summed E-state index contributed by atoms with van der Waals surface area (Å²) >= 11 is 5.81. The molecule has 0 saturated heterocycles. The van der Waals surface area contributed by atoms with Crippen LogP contribution in [0.25, 0.3) is 0 Å². The highest BCUT2D eigenvalue weighted by Gasteiger charge is 2.10. The van der Waals surface area contributed by atoms with E-state index in [9.17, 15) is 4.79 Å². The number of carbonyl (C=O) groups excluding carboxylic acids is 1. The molecular weight excluding hydrogens is 212 g/mol. The Balaban J connectivity index is 2.42. The molecule has 2 rings (SSSR count). The molecule has 0 unspecified atom stereocenters. The van der Waals surface area contributed by atoms with Crippen LogP contribution in [0.2, 0.25) is 5.02 Å². The topological polar surface area (TPSA) is 58.9 Å². The summed E-state index contributed by atoms with van der Waals surface area (Å²) in [6.45, 7) is 0. The van der Waals surface area contributed by atoms with Gasteiger partial charge < -0.3 is 10.7 Å². The summed E-state index contributed by atoms with van der Waals surface area (Å²) in [5.74, 6) is -0.116. The molecule has 0 aliphatic rings. The zero-order chi connectivity index (χ0) is 10.8. The highest BCUT2D eigenvalue weighted by atomic mass is 35.5. The largest absolute Gasteiger partial charge is 0.399 e. The fourth-order valence-corrected chi connectivity index (χ4v) is 1.61. The van der Waals surface area contributed by atoms with Crippen molar-refractivity contribution in [1.82, 2.24) is 4.98 Å². The van der Waals surface area contributed by atoms with Crippen molar-refractivity contribution < 1.29 is 4.79 Å². The second-order valence-corrected chi connectivity index (χ2v) is 3.62. The van der Waals surface area contributed by atoms with Crippen LogP contribution in [0.1, 0.15) is 16.1 Å². The Labute approximate surface area is 91.9 Å². The van der Waals surface area contributed by atoms with Crippen molar-refractivity contribution in [2.75, 3.05) is 5.73 Å². The smallest absolute Gasteiger partial charge is 0.209 e. The monoisotopic (exact) mass is 220 g/mol. The summed E-state index contributed by atoms with van der Waals surface area (Å²) in [5, 5.41) is 0.463. The predicted molar refractivity (Wildman–Crippen MR) is 60.1 cm³/mol. The SMILES string of the molecule is Nc1cc(Cl)cc(C(=O)c2ccc[nH]2)c1. The fraction of sp³-hybridized carbons (Fsp3) is 0. The van der Waals surface area contributed by atoms with E-state index in [0.717, 1.165) is 0 Å². The predicted octanol–water partition coefficient (Wildman–Crippen LogP) is 2.48. The second kappa shape index (κ2) is 3.79. The Morgan fingerprint density at radius 3 is 2.73 bits per heavy atom. The van der Waals surface area contributed by atoms with Crippen molar-refractivity contribution in [2.24, 2.45) is 0 Å². The minimum Gasteiger partial charge on any atom is -0.399 e. The van der Waals surface area contributed by atoms with E-state index in [4.69, 9.17) is 17.3 Å². The Hall–Kier alpha value is -1.74. The van der Waals surface area contributed by atoms with Gasteiger partial charge in [-0.05, 0) is 30.3 Å². The third-order valence-corrected chi connectivity index (χ3v) is 2.24. The first-order valence-electron chi connectivity index (χ1n) is 4.41. The summed E-state index contributed by atoms with van der Waals surface area (Å²) < 4.78 is 0. The Kier molecular flexibility index (Phi) is 2.47. The number of aromatic amines is 1. The minimum atomic E-state index is -0.116. The molecule has 0 spiro atoms. The van der Waals surface area contributed by atoms with Crippen LogP contribution in [0.5, 0.6) is 0 Å². The van der Waals surface area contributed by atoms with Gasteiger partial charge in [0.15, 0.2) is 0 Å². The van der Waals surface area contributed by atoms with E-state index < -0.39 is 0 Å². The Morgan fingerprint density at radius 2 is 2.13 bits per heavy atom. The lowest BCUT2D eigenvalue weighted by Gasteiger charge is -2.01. The number of hydrogen-bond acceptors (Lipinski definition) is 2. The van der Waals surface area contributed by atoms with Gasteiger partial charge in [-0.15, -0.1) is 0 Å². The lowest BCUT2D eigenvalue weighted by molar-refractivity contribution is 0.103. The molecule has 0 saturated carbocycles. The number of nitrogens with one attached hydrogen (secondary N) is 1. The highest BCUT2D eigenvalue weighted by molar-refractivity contribution is 6.31. The van der Waals surface area contributed by atoms with E-state index in [2.05, 4.69) is 4.98 Å². The van der Waals surface area contributed by atoms with E-state index in [1.807, 2.05) is 0 Å². The molecule has 15 heavy (non-hydrogen) atoms. The summed E-state index contributed by atoms with van der Waals surface area (Å²) in [5.41, 5.74) is 7.10. The van der Waals surface area contributed by atoms with Gasteiger partial charge >= 0.3 is 0 Å². The number of ketones is 1. The van der Waals surface area contributed by atoms with E-state index >= 15 is 0 Å². The molecular formula is C11H9ClN2O. The molecule has 0 atom stereocenters. The van der Waals surface area contributed by atoms with E-state index in [1.165, 1.54) is 0 Å². The third kappa shape index (κ3) is 2.02. The number of nitrogen functional groups attached to an aromatic ring is 1. The zero-order valence-electron chi connectivity index (χ0n) is 7.83. The van der Waals surface area contributed by atoms with Crippen LogP contribution in [0.3, 0.4) is 0 Å². The third-order valence-electron chi connectivity index (χ3n) is 2.02.